The van der Waals surface area contributed by atoms with E-state index in [1.807, 2.05) is 0 Å². The Morgan fingerprint density at radius 3 is 2.08 bits per heavy atom. The maximum absolute atomic E-state index is 13.7. The molecule has 2 rings (SSSR count). The van der Waals surface area contributed by atoms with Crippen molar-refractivity contribution < 1.29 is 35.5 Å². The molecule has 1 saturated heterocycles. The molecular formula is C15H15F7N2O. The second-order valence-corrected chi connectivity index (χ2v) is 6.18. The van der Waals surface area contributed by atoms with Crippen LogP contribution < -0.4 is 10.6 Å². The van der Waals surface area contributed by atoms with Crippen LogP contribution >= 0.6 is 0 Å². The predicted molar refractivity (Wildman–Crippen MR) is 74.2 cm³/mol. The molecule has 0 aliphatic carbocycles. The van der Waals surface area contributed by atoms with Crippen molar-refractivity contribution >= 4 is 5.91 Å². The van der Waals surface area contributed by atoms with Crippen LogP contribution in [0.25, 0.3) is 0 Å². The molecule has 1 aromatic carbocycles. The minimum absolute atomic E-state index is 0.0123. The van der Waals surface area contributed by atoms with Crippen LogP contribution in [0.5, 0.6) is 0 Å². The van der Waals surface area contributed by atoms with Crippen LogP contribution in [0.2, 0.25) is 0 Å². The first kappa shape index (κ1) is 19.5. The Kier molecular flexibility index (Phi) is 5.04. The van der Waals surface area contributed by atoms with E-state index in [9.17, 15) is 35.5 Å². The molecule has 10 heteroatoms. The molecule has 2 N–H and O–H groups in total. The summed E-state index contributed by atoms with van der Waals surface area (Å²) in [6, 6.07) is 0.203. The third kappa shape index (κ3) is 5.07. The maximum atomic E-state index is 13.7. The van der Waals surface area contributed by atoms with Crippen molar-refractivity contribution in [3.8, 4) is 0 Å². The van der Waals surface area contributed by atoms with Gasteiger partial charge >= 0.3 is 12.4 Å². The zero-order chi connectivity index (χ0) is 19.0. The summed E-state index contributed by atoms with van der Waals surface area (Å²) in [5.74, 6) is -0.688. The molecule has 25 heavy (non-hydrogen) atoms. The number of carbonyl (C=O) groups is 1. The largest absolute Gasteiger partial charge is 0.416 e. The quantitative estimate of drug-likeness (QED) is 0.799. The average Bonchev–Trinajstić information content (AvgIpc) is 2.83. The Bertz CT molecular complexity index is 620. The van der Waals surface area contributed by atoms with Gasteiger partial charge in [-0.15, -0.1) is 0 Å². The Morgan fingerprint density at radius 2 is 1.68 bits per heavy atom. The first-order chi connectivity index (χ1) is 11.3. The highest BCUT2D eigenvalue weighted by Crippen LogP contribution is 2.36. The number of hydrogen-bond donors (Lipinski definition) is 2. The Balaban J connectivity index is 2.15. The molecule has 2 atom stereocenters. The van der Waals surface area contributed by atoms with E-state index in [1.54, 1.807) is 0 Å². The summed E-state index contributed by atoms with van der Waals surface area (Å²) >= 11 is 0. The second kappa shape index (κ2) is 6.47. The lowest BCUT2D eigenvalue weighted by Gasteiger charge is -2.16. The zero-order valence-electron chi connectivity index (χ0n) is 13.0. The first-order valence-corrected chi connectivity index (χ1v) is 7.26. The number of alkyl halides is 7. The minimum atomic E-state index is -4.96. The Hall–Kier alpha value is -1.84. The smallest absolute Gasteiger partial charge is 0.351 e. The molecular weight excluding hydrogens is 357 g/mol. The van der Waals surface area contributed by atoms with Crippen molar-refractivity contribution in [2.75, 3.05) is 6.54 Å². The molecule has 1 aromatic rings. The molecule has 0 saturated carbocycles. The summed E-state index contributed by atoms with van der Waals surface area (Å²) in [5.41, 5.74) is -4.86. The van der Waals surface area contributed by atoms with Gasteiger partial charge in [-0.25, -0.2) is 4.39 Å². The molecule has 1 aliphatic rings. The molecule has 1 fully saturated rings. The van der Waals surface area contributed by atoms with Crippen molar-refractivity contribution in [1.29, 1.82) is 0 Å². The molecule has 140 valence electrons. The predicted octanol–water partition coefficient (Wildman–Crippen LogP) is 3.43. The van der Waals surface area contributed by atoms with Crippen LogP contribution in [0.4, 0.5) is 30.7 Å². The lowest BCUT2D eigenvalue weighted by Crippen LogP contribution is -2.40. The highest BCUT2D eigenvalue weighted by atomic mass is 19.4. The molecule has 0 radical (unpaired) electrons. The summed E-state index contributed by atoms with van der Waals surface area (Å²) in [7, 11) is 0. The van der Waals surface area contributed by atoms with Gasteiger partial charge in [-0.1, -0.05) is 0 Å². The molecule has 1 unspecified atom stereocenters. The fourth-order valence-corrected chi connectivity index (χ4v) is 2.53. The van der Waals surface area contributed by atoms with E-state index in [1.165, 1.54) is 6.92 Å². The molecule has 0 bridgehead atoms. The van der Waals surface area contributed by atoms with Gasteiger partial charge in [0.15, 0.2) is 0 Å². The van der Waals surface area contributed by atoms with Crippen molar-refractivity contribution in [2.24, 2.45) is 0 Å². The van der Waals surface area contributed by atoms with Gasteiger partial charge in [-0.05, 0) is 30.7 Å². The second-order valence-electron chi connectivity index (χ2n) is 6.18. The van der Waals surface area contributed by atoms with Gasteiger partial charge in [0.2, 0.25) is 5.91 Å². The number of carbonyl (C=O) groups excluding carboxylic acids is 1. The number of halogens is 7. The normalized spacial score (nSPS) is 24.4. The van der Waals surface area contributed by atoms with Crippen LogP contribution in [0.15, 0.2) is 18.2 Å². The summed E-state index contributed by atoms with van der Waals surface area (Å²) < 4.78 is 90.2. The van der Waals surface area contributed by atoms with Crippen molar-refractivity contribution in [1.82, 2.24) is 10.6 Å². The van der Waals surface area contributed by atoms with Crippen LogP contribution in [-0.2, 0) is 23.7 Å². The van der Waals surface area contributed by atoms with Crippen LogP contribution in [0.3, 0.4) is 0 Å². The molecule has 3 nitrogen and oxygen atoms in total. The number of rotatable bonds is 3. The van der Waals surface area contributed by atoms with Crippen molar-refractivity contribution in [3.63, 3.8) is 0 Å². The fraction of sp³-hybridized carbons (Fsp3) is 0.533. The van der Waals surface area contributed by atoms with Crippen molar-refractivity contribution in [3.05, 3.63) is 34.9 Å². The molecule has 0 spiro atoms. The van der Waals surface area contributed by atoms with Gasteiger partial charge < -0.3 is 10.6 Å². The SMILES string of the molecule is CC1(F)CN[C@H](C(=O)NCc2cc(C(F)(F)F)cc(C(F)(F)F)c2)C1. The van der Waals surface area contributed by atoms with E-state index < -0.39 is 47.6 Å². The molecule has 1 amide bonds. The monoisotopic (exact) mass is 372 g/mol. The van der Waals surface area contributed by atoms with E-state index >= 15 is 0 Å². The standard InChI is InChI=1S/C15H15F7N2O/c1-13(16)5-11(24-7-13)12(25)23-6-8-2-9(14(17,18)19)4-10(3-8)15(20,21)22/h2-4,11,24H,5-7H2,1H3,(H,23,25)/t11-,13?/m0/s1. The van der Waals surface area contributed by atoms with Gasteiger partial charge in [-0.2, -0.15) is 26.3 Å². The highest BCUT2D eigenvalue weighted by Gasteiger charge is 2.39. The highest BCUT2D eigenvalue weighted by molar-refractivity contribution is 5.82. The van der Waals surface area contributed by atoms with Crippen molar-refractivity contribution in [2.45, 2.75) is 44.0 Å². The van der Waals surface area contributed by atoms with Crippen LogP contribution in [0.1, 0.15) is 30.0 Å². The van der Waals surface area contributed by atoms with Gasteiger partial charge in [-0.3, -0.25) is 4.79 Å². The summed E-state index contributed by atoms with van der Waals surface area (Å²) in [6.07, 6.45) is -10.0. The third-order valence-corrected chi connectivity index (χ3v) is 3.78. The number of amides is 1. The summed E-state index contributed by atoms with van der Waals surface area (Å²) in [5, 5.41) is 4.84. The number of hydrogen-bond acceptors (Lipinski definition) is 2. The molecule has 0 aromatic heterocycles. The summed E-state index contributed by atoms with van der Waals surface area (Å²) in [4.78, 5) is 11.9. The lowest BCUT2D eigenvalue weighted by molar-refractivity contribution is -0.143. The van der Waals surface area contributed by atoms with Gasteiger partial charge in [0, 0.05) is 19.5 Å². The van der Waals surface area contributed by atoms with Crippen LogP contribution in [-0.4, -0.2) is 24.2 Å². The van der Waals surface area contributed by atoms with E-state index in [4.69, 9.17) is 0 Å². The fourth-order valence-electron chi connectivity index (χ4n) is 2.53. The average molecular weight is 372 g/mol. The zero-order valence-corrected chi connectivity index (χ0v) is 13.0. The summed E-state index contributed by atoms with van der Waals surface area (Å²) in [6.45, 7) is 0.690. The van der Waals surface area contributed by atoms with Gasteiger partial charge in [0.25, 0.3) is 0 Å². The number of benzene rings is 1. The van der Waals surface area contributed by atoms with Crippen LogP contribution in [0, 0.1) is 0 Å². The van der Waals surface area contributed by atoms with E-state index in [2.05, 4.69) is 10.6 Å². The number of nitrogens with one attached hydrogen (secondary N) is 2. The molecule has 1 heterocycles. The van der Waals surface area contributed by atoms with E-state index in [0.717, 1.165) is 0 Å². The minimum Gasteiger partial charge on any atom is -0.351 e. The van der Waals surface area contributed by atoms with Gasteiger partial charge in [0.05, 0.1) is 17.2 Å². The molecule has 1 aliphatic heterocycles. The Labute approximate surface area is 138 Å². The maximum Gasteiger partial charge on any atom is 0.416 e. The van der Waals surface area contributed by atoms with E-state index in [0.29, 0.717) is 12.1 Å². The van der Waals surface area contributed by atoms with Gasteiger partial charge in [0.1, 0.15) is 5.67 Å². The topological polar surface area (TPSA) is 41.1 Å². The lowest BCUT2D eigenvalue weighted by atomic mass is 10.0. The first-order valence-electron chi connectivity index (χ1n) is 7.26. The Morgan fingerprint density at radius 1 is 1.16 bits per heavy atom. The third-order valence-electron chi connectivity index (χ3n) is 3.78. The van der Waals surface area contributed by atoms with E-state index in [-0.39, 0.29) is 24.6 Å².